The molecule has 11 rings (SSSR count). The van der Waals surface area contributed by atoms with Gasteiger partial charge in [-0.05, 0) is 118 Å². The summed E-state index contributed by atoms with van der Waals surface area (Å²) in [5.74, 6) is 0.283. The summed E-state index contributed by atoms with van der Waals surface area (Å²) in [6.07, 6.45) is 7.40. The van der Waals surface area contributed by atoms with Gasteiger partial charge in [0.2, 0.25) is 6.71 Å². The number of anilines is 2. The van der Waals surface area contributed by atoms with Crippen molar-refractivity contribution < 1.29 is 0 Å². The van der Waals surface area contributed by atoms with Gasteiger partial charge in [-0.2, -0.15) is 0 Å². The van der Waals surface area contributed by atoms with Gasteiger partial charge in [0.15, 0.2) is 0 Å². The van der Waals surface area contributed by atoms with Crippen LogP contribution in [0.5, 0.6) is 0 Å². The van der Waals surface area contributed by atoms with Crippen molar-refractivity contribution in [1.29, 1.82) is 0 Å². The van der Waals surface area contributed by atoms with Gasteiger partial charge in [0, 0.05) is 27.8 Å². The molecule has 0 radical (unpaired) electrons. The maximum Gasteiger partial charge on any atom is 0.227 e. The van der Waals surface area contributed by atoms with Gasteiger partial charge in [-0.1, -0.05) is 96.1 Å². The molecule has 0 spiro atoms. The highest BCUT2D eigenvalue weighted by Crippen LogP contribution is 2.49. The van der Waals surface area contributed by atoms with E-state index >= 15 is 0 Å². The molecule has 0 bridgehead atoms. The fraction of sp³-hybridized carbons (Fsp3) is 0.136. The minimum absolute atomic E-state index is 0.209. The Morgan fingerprint density at radius 1 is 0.596 bits per heavy atom. The molecule has 0 saturated carbocycles. The van der Waals surface area contributed by atoms with E-state index in [1.165, 1.54) is 104 Å². The van der Waals surface area contributed by atoms with E-state index in [0.29, 0.717) is 0 Å². The van der Waals surface area contributed by atoms with Crippen LogP contribution in [0.15, 0.2) is 121 Å². The van der Waals surface area contributed by atoms with Gasteiger partial charge in [-0.3, -0.25) is 0 Å². The molecule has 0 saturated heterocycles. The Bertz CT molecular complexity index is 2730. The molecule has 2 aliphatic heterocycles. The number of benzene rings is 7. The van der Waals surface area contributed by atoms with Crippen molar-refractivity contribution in [3.8, 4) is 5.69 Å². The average molecular weight is 601 g/mol. The van der Waals surface area contributed by atoms with Crippen LogP contribution in [0.3, 0.4) is 0 Å². The smallest absolute Gasteiger partial charge is 0.227 e. The molecule has 2 atom stereocenters. The van der Waals surface area contributed by atoms with Crippen molar-refractivity contribution in [2.45, 2.75) is 39.6 Å². The van der Waals surface area contributed by atoms with Gasteiger partial charge in [0.05, 0.1) is 17.1 Å². The number of fused-ring (bicyclic) bond motifs is 9. The van der Waals surface area contributed by atoms with E-state index in [9.17, 15) is 0 Å². The molecule has 222 valence electrons. The van der Waals surface area contributed by atoms with E-state index in [1.54, 1.807) is 0 Å². The van der Waals surface area contributed by atoms with Gasteiger partial charge < -0.3 is 9.47 Å². The number of nitrogens with zero attached hydrogens (tertiary/aromatic N) is 2. The topological polar surface area (TPSA) is 8.17 Å². The predicted molar refractivity (Wildman–Crippen MR) is 203 cm³/mol. The standard InChI is InChI=1S/C44H33BN2/c1-24-8-14-30(15-9-24)46-35-19-11-25(2)20-34(35)45-42-33-18-13-29-7-5-6-28-12-17-32(40(33)39(28)29)41-31-16-10-26(3)21-36(31)47(44(41)42)38-23-27(4)22-37(46)43(38)45/h5-23,34-35H,1-4H3. The summed E-state index contributed by atoms with van der Waals surface area (Å²) in [6, 6.07) is 37.7. The number of aromatic nitrogens is 1. The van der Waals surface area contributed by atoms with Crippen molar-refractivity contribution in [3.05, 3.63) is 138 Å². The molecule has 1 aromatic heterocycles. The SMILES string of the molecule is CC1=CC2B3c4c(cc(C)cc4-n4c5cc(C)ccc5c5c6ccc7cccc8ccc(c3c54)c6c87)N(c3ccc(C)cc3)C2C=C1. The van der Waals surface area contributed by atoms with E-state index < -0.39 is 0 Å². The average Bonchev–Trinajstić information content (AvgIpc) is 3.41. The van der Waals surface area contributed by atoms with Gasteiger partial charge in [-0.25, -0.2) is 0 Å². The Morgan fingerprint density at radius 3 is 2.13 bits per heavy atom. The van der Waals surface area contributed by atoms with Gasteiger partial charge in [0.25, 0.3) is 0 Å². The molecule has 1 aliphatic carbocycles. The summed E-state index contributed by atoms with van der Waals surface area (Å²) < 4.78 is 2.65. The highest BCUT2D eigenvalue weighted by Gasteiger charge is 2.49. The number of rotatable bonds is 1. The summed E-state index contributed by atoms with van der Waals surface area (Å²) in [6.45, 7) is 9.18. The Balaban J connectivity index is 1.40. The van der Waals surface area contributed by atoms with Gasteiger partial charge in [-0.15, -0.1) is 0 Å². The van der Waals surface area contributed by atoms with Crippen LogP contribution in [0.2, 0.25) is 5.82 Å². The van der Waals surface area contributed by atoms with Crippen molar-refractivity contribution in [2.24, 2.45) is 0 Å². The molecule has 0 fully saturated rings. The zero-order valence-electron chi connectivity index (χ0n) is 27.1. The Morgan fingerprint density at radius 2 is 1.32 bits per heavy atom. The normalized spacial score (nSPS) is 18.2. The number of hydrogen-bond acceptors (Lipinski definition) is 1. The summed E-state index contributed by atoms with van der Waals surface area (Å²) in [4.78, 5) is 2.64. The molecular formula is C44H33BN2. The minimum atomic E-state index is 0.209. The van der Waals surface area contributed by atoms with E-state index in [-0.39, 0.29) is 18.6 Å². The lowest BCUT2D eigenvalue weighted by atomic mass is 9.28. The Hall–Kier alpha value is -5.28. The van der Waals surface area contributed by atoms with Crippen LogP contribution in [0, 0.1) is 20.8 Å². The predicted octanol–water partition coefficient (Wildman–Crippen LogP) is 9.94. The number of hydrogen-bond donors (Lipinski definition) is 0. The zero-order chi connectivity index (χ0) is 31.3. The Kier molecular flexibility index (Phi) is 4.81. The summed E-state index contributed by atoms with van der Waals surface area (Å²) in [7, 11) is 0. The monoisotopic (exact) mass is 600 g/mol. The molecule has 0 N–H and O–H groups in total. The molecule has 3 heterocycles. The minimum Gasteiger partial charge on any atom is -0.335 e. The van der Waals surface area contributed by atoms with Crippen LogP contribution in [0.4, 0.5) is 11.4 Å². The lowest BCUT2D eigenvalue weighted by molar-refractivity contribution is 0.759. The van der Waals surface area contributed by atoms with Gasteiger partial charge >= 0.3 is 0 Å². The van der Waals surface area contributed by atoms with Gasteiger partial charge in [0.1, 0.15) is 0 Å². The van der Waals surface area contributed by atoms with Crippen LogP contribution in [-0.2, 0) is 0 Å². The maximum atomic E-state index is 2.65. The molecule has 3 aliphatic rings. The fourth-order valence-electron chi connectivity index (χ4n) is 9.69. The van der Waals surface area contributed by atoms with Crippen LogP contribution < -0.4 is 15.8 Å². The lowest BCUT2D eigenvalue weighted by Crippen LogP contribution is -2.61. The van der Waals surface area contributed by atoms with E-state index in [1.807, 2.05) is 0 Å². The third-order valence-electron chi connectivity index (χ3n) is 11.5. The van der Waals surface area contributed by atoms with Crippen LogP contribution >= 0.6 is 0 Å². The molecule has 0 amide bonds. The molecular weight excluding hydrogens is 567 g/mol. The quantitative estimate of drug-likeness (QED) is 0.135. The van der Waals surface area contributed by atoms with Crippen molar-refractivity contribution in [2.75, 3.05) is 4.90 Å². The highest BCUT2D eigenvalue weighted by molar-refractivity contribution is 6.93. The van der Waals surface area contributed by atoms with Crippen LogP contribution in [0.25, 0.3) is 59.8 Å². The molecule has 8 aromatic rings. The molecule has 2 unspecified atom stereocenters. The molecule has 47 heavy (non-hydrogen) atoms. The van der Waals surface area contributed by atoms with E-state index in [0.717, 1.165) is 0 Å². The molecule has 2 nitrogen and oxygen atoms in total. The number of aryl methyl sites for hydroxylation is 3. The first-order valence-corrected chi connectivity index (χ1v) is 17.0. The third-order valence-corrected chi connectivity index (χ3v) is 11.5. The van der Waals surface area contributed by atoms with Crippen LogP contribution in [0.1, 0.15) is 23.6 Å². The maximum absolute atomic E-state index is 2.65. The highest BCUT2D eigenvalue weighted by atomic mass is 15.2. The largest absolute Gasteiger partial charge is 0.335 e. The summed E-state index contributed by atoms with van der Waals surface area (Å²) >= 11 is 0. The second-order valence-corrected chi connectivity index (χ2v) is 14.4. The Labute approximate surface area is 274 Å². The zero-order valence-corrected chi connectivity index (χ0v) is 27.1. The van der Waals surface area contributed by atoms with Crippen molar-refractivity contribution in [1.82, 2.24) is 4.57 Å². The van der Waals surface area contributed by atoms with Crippen molar-refractivity contribution >= 4 is 83.1 Å². The number of allylic oxidation sites excluding steroid dienone is 2. The van der Waals surface area contributed by atoms with E-state index in [2.05, 4.69) is 152 Å². The first-order chi connectivity index (χ1) is 23.0. The first-order valence-electron chi connectivity index (χ1n) is 17.0. The summed E-state index contributed by atoms with van der Waals surface area (Å²) in [5, 5.41) is 11.0. The van der Waals surface area contributed by atoms with Crippen LogP contribution in [-0.4, -0.2) is 17.3 Å². The second kappa shape index (κ2) is 8.75. The molecule has 7 aromatic carbocycles. The second-order valence-electron chi connectivity index (χ2n) is 14.4. The lowest BCUT2D eigenvalue weighted by Gasteiger charge is -2.48. The first kappa shape index (κ1) is 25.9. The third kappa shape index (κ3) is 3.17. The van der Waals surface area contributed by atoms with E-state index in [4.69, 9.17) is 0 Å². The fourth-order valence-corrected chi connectivity index (χ4v) is 9.69. The summed E-state index contributed by atoms with van der Waals surface area (Å²) in [5.41, 5.74) is 14.8. The van der Waals surface area contributed by atoms with Crippen molar-refractivity contribution in [3.63, 3.8) is 0 Å². The molecule has 3 heteroatoms.